The number of aromatic hydroxyl groups is 1. The molecule has 6 heteroatoms. The molecule has 0 unspecified atom stereocenters. The molecule has 0 aliphatic rings. The van der Waals surface area contributed by atoms with E-state index in [4.69, 9.17) is 10.8 Å². The monoisotopic (exact) mass is 309 g/mol. The zero-order chi connectivity index (χ0) is 13.4. The van der Waals surface area contributed by atoms with E-state index < -0.39 is 28.8 Å². The van der Waals surface area contributed by atoms with Gasteiger partial charge in [0.05, 0.1) is 10.0 Å². The summed E-state index contributed by atoms with van der Waals surface area (Å²) in [6, 6.07) is -0.202. The Morgan fingerprint density at radius 3 is 2.47 bits per heavy atom. The molecule has 0 aliphatic heterocycles. The van der Waals surface area contributed by atoms with E-state index >= 15 is 0 Å². The van der Waals surface area contributed by atoms with E-state index in [0.717, 1.165) is 6.07 Å². The van der Waals surface area contributed by atoms with Crippen molar-refractivity contribution in [3.8, 4) is 5.75 Å². The number of halogens is 3. The second-order valence-corrected chi connectivity index (χ2v) is 5.40. The molecule has 96 valence electrons. The van der Waals surface area contributed by atoms with Gasteiger partial charge in [-0.1, -0.05) is 13.8 Å². The summed E-state index contributed by atoms with van der Waals surface area (Å²) in [4.78, 5) is 0. The summed E-state index contributed by atoms with van der Waals surface area (Å²) < 4.78 is 26.9. The van der Waals surface area contributed by atoms with E-state index in [9.17, 15) is 13.9 Å². The van der Waals surface area contributed by atoms with Crippen LogP contribution in [0.1, 0.15) is 25.5 Å². The number of hydrogen-bond donors (Lipinski definition) is 3. The molecule has 3 nitrogen and oxygen atoms in total. The second kappa shape index (κ2) is 4.88. The van der Waals surface area contributed by atoms with Gasteiger partial charge in [-0.25, -0.2) is 8.78 Å². The van der Waals surface area contributed by atoms with Crippen molar-refractivity contribution >= 4 is 15.9 Å². The van der Waals surface area contributed by atoms with E-state index in [-0.39, 0.29) is 16.6 Å². The summed E-state index contributed by atoms with van der Waals surface area (Å²) in [7, 11) is 0. The molecule has 0 amide bonds. The van der Waals surface area contributed by atoms with Gasteiger partial charge >= 0.3 is 0 Å². The Labute approximate surface area is 106 Å². The predicted octanol–water partition coefficient (Wildman–Crippen LogP) is 2.45. The Morgan fingerprint density at radius 2 is 2.00 bits per heavy atom. The van der Waals surface area contributed by atoms with E-state index in [1.807, 2.05) is 0 Å². The minimum absolute atomic E-state index is 0.0237. The highest BCUT2D eigenvalue weighted by atomic mass is 79.9. The van der Waals surface area contributed by atoms with Gasteiger partial charge in [-0.05, 0) is 22.0 Å². The van der Waals surface area contributed by atoms with Crippen LogP contribution in [0, 0.1) is 17.0 Å². The summed E-state index contributed by atoms with van der Waals surface area (Å²) in [6.45, 7) is 2.87. The lowest BCUT2D eigenvalue weighted by Crippen LogP contribution is -2.33. The van der Waals surface area contributed by atoms with Crippen LogP contribution in [-0.2, 0) is 0 Å². The fourth-order valence-electron chi connectivity index (χ4n) is 1.38. The molecular weight excluding hydrogens is 296 g/mol. The molecule has 17 heavy (non-hydrogen) atoms. The van der Waals surface area contributed by atoms with E-state index in [0.29, 0.717) is 0 Å². The van der Waals surface area contributed by atoms with Gasteiger partial charge in [-0.3, -0.25) is 0 Å². The normalized spacial score (nSPS) is 13.8. The highest BCUT2D eigenvalue weighted by Crippen LogP contribution is 2.41. The first-order chi connectivity index (χ1) is 7.72. The maximum atomic E-state index is 13.6. The summed E-state index contributed by atoms with van der Waals surface area (Å²) in [5.74, 6) is -2.74. The number of hydrogen-bond acceptors (Lipinski definition) is 3. The van der Waals surface area contributed by atoms with Crippen LogP contribution in [0.5, 0.6) is 5.75 Å². The van der Waals surface area contributed by atoms with Gasteiger partial charge < -0.3 is 15.9 Å². The molecule has 0 heterocycles. The number of rotatable bonds is 3. The van der Waals surface area contributed by atoms with Gasteiger partial charge in [0.15, 0.2) is 11.6 Å². The lowest BCUT2D eigenvalue weighted by molar-refractivity contribution is 0.129. The standard InChI is InChI=1S/C11H14BrF2NO2/c1-11(2,4-16)10(15)7-8(14)6(13)3-5(12)9(7)17/h3,10,16-17H,4,15H2,1-2H3/t10-/m0/s1. The van der Waals surface area contributed by atoms with Gasteiger partial charge in [0.25, 0.3) is 0 Å². The van der Waals surface area contributed by atoms with Crippen LogP contribution >= 0.6 is 15.9 Å². The van der Waals surface area contributed by atoms with E-state index in [1.54, 1.807) is 13.8 Å². The lowest BCUT2D eigenvalue weighted by atomic mass is 9.81. The number of phenols is 1. The molecule has 0 aliphatic carbocycles. The number of aliphatic hydroxyl groups is 1. The van der Waals surface area contributed by atoms with Crippen LogP contribution in [0.2, 0.25) is 0 Å². The zero-order valence-electron chi connectivity index (χ0n) is 9.47. The first-order valence-corrected chi connectivity index (χ1v) is 5.74. The molecular formula is C11H14BrF2NO2. The van der Waals surface area contributed by atoms with Crippen LogP contribution in [0.25, 0.3) is 0 Å². The van der Waals surface area contributed by atoms with Gasteiger partial charge in [-0.2, -0.15) is 0 Å². The van der Waals surface area contributed by atoms with Gasteiger partial charge in [-0.15, -0.1) is 0 Å². The summed E-state index contributed by atoms with van der Waals surface area (Å²) in [5.41, 5.74) is 4.55. The van der Waals surface area contributed by atoms with Crippen molar-refractivity contribution in [2.24, 2.45) is 11.1 Å². The number of aliphatic hydroxyl groups excluding tert-OH is 1. The third-order valence-corrected chi connectivity index (χ3v) is 3.35. The molecule has 0 fully saturated rings. The maximum absolute atomic E-state index is 13.6. The van der Waals surface area contributed by atoms with Crippen LogP contribution < -0.4 is 5.73 Å². The van der Waals surface area contributed by atoms with Crippen molar-refractivity contribution in [3.63, 3.8) is 0 Å². The minimum atomic E-state index is -1.19. The SMILES string of the molecule is CC(C)(CO)[C@@H](N)c1c(O)c(Br)cc(F)c1F. The number of phenolic OH excluding ortho intramolecular Hbond substituents is 1. The molecule has 1 atom stereocenters. The molecule has 4 N–H and O–H groups in total. The average molecular weight is 310 g/mol. The Morgan fingerprint density at radius 1 is 1.47 bits per heavy atom. The Bertz CT molecular complexity index is 412. The third-order valence-electron chi connectivity index (χ3n) is 2.74. The van der Waals surface area contributed by atoms with Crippen molar-refractivity contribution < 1.29 is 19.0 Å². The van der Waals surface area contributed by atoms with Crippen LogP contribution in [-0.4, -0.2) is 16.8 Å². The Kier molecular flexibility index (Phi) is 4.11. The highest BCUT2D eigenvalue weighted by molar-refractivity contribution is 9.10. The molecule has 0 saturated heterocycles. The molecule has 1 rings (SSSR count). The quantitative estimate of drug-likeness (QED) is 0.751. The number of nitrogens with two attached hydrogens (primary N) is 1. The molecule has 0 saturated carbocycles. The van der Waals surface area contributed by atoms with Gasteiger partial charge in [0.2, 0.25) is 0 Å². The molecule has 1 aromatic rings. The largest absolute Gasteiger partial charge is 0.506 e. The smallest absolute Gasteiger partial charge is 0.167 e. The van der Waals surface area contributed by atoms with Gasteiger partial charge in [0, 0.05) is 18.1 Å². The predicted molar refractivity (Wildman–Crippen MR) is 63.5 cm³/mol. The summed E-state index contributed by atoms with van der Waals surface area (Å²) in [5, 5.41) is 18.9. The van der Waals surface area contributed by atoms with E-state index in [2.05, 4.69) is 15.9 Å². The van der Waals surface area contributed by atoms with Crippen LogP contribution in [0.4, 0.5) is 8.78 Å². The first kappa shape index (κ1) is 14.3. The molecule has 1 aromatic carbocycles. The fourth-order valence-corrected chi connectivity index (χ4v) is 1.79. The van der Waals surface area contributed by atoms with Crippen molar-refractivity contribution in [3.05, 3.63) is 27.7 Å². The second-order valence-electron chi connectivity index (χ2n) is 4.54. The first-order valence-electron chi connectivity index (χ1n) is 4.95. The van der Waals surface area contributed by atoms with Crippen LogP contribution in [0.3, 0.4) is 0 Å². The minimum Gasteiger partial charge on any atom is -0.506 e. The van der Waals surface area contributed by atoms with Gasteiger partial charge in [0.1, 0.15) is 5.75 Å². The molecule has 0 aromatic heterocycles. The summed E-state index contributed by atoms with van der Waals surface area (Å²) >= 11 is 2.91. The average Bonchev–Trinajstić information content (AvgIpc) is 2.26. The topological polar surface area (TPSA) is 66.5 Å². The van der Waals surface area contributed by atoms with Crippen molar-refractivity contribution in [2.75, 3.05) is 6.61 Å². The Hall–Kier alpha value is -0.720. The van der Waals surface area contributed by atoms with Crippen molar-refractivity contribution in [2.45, 2.75) is 19.9 Å². The molecule has 0 bridgehead atoms. The molecule has 0 radical (unpaired) electrons. The third kappa shape index (κ3) is 2.59. The highest BCUT2D eigenvalue weighted by Gasteiger charge is 2.33. The van der Waals surface area contributed by atoms with Crippen molar-refractivity contribution in [1.82, 2.24) is 0 Å². The zero-order valence-corrected chi connectivity index (χ0v) is 11.1. The fraction of sp³-hybridized carbons (Fsp3) is 0.455. The van der Waals surface area contributed by atoms with Crippen LogP contribution in [0.15, 0.2) is 10.5 Å². The molecule has 0 spiro atoms. The van der Waals surface area contributed by atoms with Crippen molar-refractivity contribution in [1.29, 1.82) is 0 Å². The maximum Gasteiger partial charge on any atom is 0.167 e. The number of benzene rings is 1. The lowest BCUT2D eigenvalue weighted by Gasteiger charge is -2.30. The van der Waals surface area contributed by atoms with E-state index in [1.165, 1.54) is 0 Å². The summed E-state index contributed by atoms with van der Waals surface area (Å²) in [6.07, 6.45) is 0. The Balaban J connectivity index is 3.41.